The Hall–Kier alpha value is -0.610. The number of carbonyl (C=O) groups is 1. The molecule has 0 aromatic rings. The number of hydrogen-bond donors (Lipinski definition) is 2. The molecule has 4 unspecified atom stereocenters. The van der Waals surface area contributed by atoms with Gasteiger partial charge in [-0.05, 0) is 55.9 Å². The van der Waals surface area contributed by atoms with Crippen LogP contribution in [0.1, 0.15) is 25.7 Å². The molecule has 2 N–H and O–H groups in total. The van der Waals surface area contributed by atoms with Crippen LogP contribution < -0.4 is 10.6 Å². The molecule has 1 amide bonds. The fourth-order valence-corrected chi connectivity index (χ4v) is 5.24. The molecule has 3 aliphatic carbocycles. The molecule has 2 bridgehead atoms. The lowest BCUT2D eigenvalue weighted by molar-refractivity contribution is -0.123. The molecule has 1 saturated heterocycles. The highest BCUT2D eigenvalue weighted by Gasteiger charge is 2.67. The van der Waals surface area contributed by atoms with E-state index in [2.05, 4.69) is 15.5 Å². The van der Waals surface area contributed by atoms with Gasteiger partial charge in [-0.1, -0.05) is 0 Å². The molecule has 4 fully saturated rings. The van der Waals surface area contributed by atoms with Crippen LogP contribution >= 0.6 is 0 Å². The van der Waals surface area contributed by atoms with E-state index in [1.54, 1.807) is 0 Å². The molecule has 1 aliphatic heterocycles. The van der Waals surface area contributed by atoms with Crippen LogP contribution in [-0.4, -0.2) is 50.1 Å². The number of fused-ring (bicyclic) bond motifs is 5. The Morgan fingerprint density at radius 1 is 1.15 bits per heavy atom. The summed E-state index contributed by atoms with van der Waals surface area (Å²) in [5.41, 5.74) is 0. The maximum absolute atomic E-state index is 12.3. The zero-order valence-electron chi connectivity index (χ0n) is 12.3. The fraction of sp³-hybridized carbons (Fsp3) is 0.938. The van der Waals surface area contributed by atoms with Gasteiger partial charge in [0.15, 0.2) is 0 Å². The summed E-state index contributed by atoms with van der Waals surface area (Å²) in [5.74, 6) is 4.14. The molecule has 0 radical (unpaired) electrons. The maximum Gasteiger partial charge on any atom is 0.223 e. The third-order valence-electron chi connectivity index (χ3n) is 6.20. The smallest absolute Gasteiger partial charge is 0.223 e. The number of carbonyl (C=O) groups excluding carboxylic acids is 1. The first-order valence-corrected chi connectivity index (χ1v) is 8.55. The van der Waals surface area contributed by atoms with E-state index in [9.17, 15) is 4.79 Å². The molecule has 112 valence electrons. The van der Waals surface area contributed by atoms with E-state index in [0.717, 1.165) is 69.4 Å². The van der Waals surface area contributed by atoms with E-state index in [4.69, 9.17) is 0 Å². The highest BCUT2D eigenvalue weighted by molar-refractivity contribution is 5.82. The van der Waals surface area contributed by atoms with Gasteiger partial charge in [-0.2, -0.15) is 0 Å². The van der Waals surface area contributed by atoms with Crippen molar-refractivity contribution in [2.24, 2.45) is 29.6 Å². The van der Waals surface area contributed by atoms with E-state index >= 15 is 0 Å². The summed E-state index contributed by atoms with van der Waals surface area (Å²) in [6.45, 7) is 6.54. The average molecular weight is 277 g/mol. The van der Waals surface area contributed by atoms with Crippen molar-refractivity contribution in [1.29, 1.82) is 0 Å². The minimum atomic E-state index is 0.372. The van der Waals surface area contributed by atoms with Gasteiger partial charge in [0, 0.05) is 38.6 Å². The zero-order chi connectivity index (χ0) is 13.5. The third-order valence-corrected chi connectivity index (χ3v) is 6.20. The predicted molar refractivity (Wildman–Crippen MR) is 78.2 cm³/mol. The first-order valence-electron chi connectivity index (χ1n) is 8.55. The maximum atomic E-state index is 12.3. The first kappa shape index (κ1) is 13.1. The molecular formula is C16H27N3O. The monoisotopic (exact) mass is 277 g/mol. The Morgan fingerprint density at radius 2 is 1.85 bits per heavy atom. The highest BCUT2D eigenvalue weighted by Crippen LogP contribution is 2.69. The summed E-state index contributed by atoms with van der Waals surface area (Å²) in [5, 5.41) is 6.57. The van der Waals surface area contributed by atoms with Gasteiger partial charge in [-0.15, -0.1) is 0 Å². The van der Waals surface area contributed by atoms with Gasteiger partial charge < -0.3 is 15.5 Å². The highest BCUT2D eigenvalue weighted by atomic mass is 16.2. The lowest BCUT2D eigenvalue weighted by Crippen LogP contribution is -2.44. The molecule has 0 aromatic carbocycles. The van der Waals surface area contributed by atoms with Crippen molar-refractivity contribution in [3.63, 3.8) is 0 Å². The number of piperazine rings is 1. The standard InChI is InChI=1S/C16H27N3O/c20-16(15-13-11-2-3-12(10-11)14(13)15)18-4-1-7-19-8-5-17-6-9-19/h11-15,17H,1-10H2,(H,18,20). The molecule has 0 spiro atoms. The number of nitrogens with zero attached hydrogens (tertiary/aromatic N) is 1. The Labute approximate surface area is 121 Å². The van der Waals surface area contributed by atoms with Crippen LogP contribution in [0.5, 0.6) is 0 Å². The Balaban J connectivity index is 1.15. The summed E-state index contributed by atoms with van der Waals surface area (Å²) >= 11 is 0. The average Bonchev–Trinajstić information content (AvgIpc) is 2.93. The Morgan fingerprint density at radius 3 is 2.55 bits per heavy atom. The van der Waals surface area contributed by atoms with Crippen LogP contribution in [0.2, 0.25) is 0 Å². The van der Waals surface area contributed by atoms with Crippen LogP contribution in [0.15, 0.2) is 0 Å². The van der Waals surface area contributed by atoms with Crippen molar-refractivity contribution in [1.82, 2.24) is 15.5 Å². The van der Waals surface area contributed by atoms with Gasteiger partial charge >= 0.3 is 0 Å². The van der Waals surface area contributed by atoms with Crippen molar-refractivity contribution >= 4 is 5.91 Å². The van der Waals surface area contributed by atoms with E-state index in [1.807, 2.05) is 0 Å². The molecule has 0 aromatic heterocycles. The first-order chi connectivity index (χ1) is 9.84. The molecule has 4 heteroatoms. The molecule has 20 heavy (non-hydrogen) atoms. The topological polar surface area (TPSA) is 44.4 Å². The van der Waals surface area contributed by atoms with Crippen LogP contribution in [0, 0.1) is 29.6 Å². The van der Waals surface area contributed by atoms with Crippen molar-refractivity contribution in [3.05, 3.63) is 0 Å². The Kier molecular flexibility index (Phi) is 3.47. The molecule has 4 atom stereocenters. The lowest BCUT2D eigenvalue weighted by Gasteiger charge is -2.27. The zero-order valence-corrected chi connectivity index (χ0v) is 12.3. The van der Waals surface area contributed by atoms with Gasteiger partial charge in [0.1, 0.15) is 0 Å². The normalized spacial score (nSPS) is 42.5. The number of nitrogens with one attached hydrogen (secondary N) is 2. The van der Waals surface area contributed by atoms with Crippen molar-refractivity contribution in [2.75, 3.05) is 39.3 Å². The summed E-state index contributed by atoms with van der Waals surface area (Å²) in [7, 11) is 0. The summed E-state index contributed by atoms with van der Waals surface area (Å²) in [6, 6.07) is 0. The van der Waals surface area contributed by atoms with Crippen LogP contribution in [0.25, 0.3) is 0 Å². The molecular weight excluding hydrogens is 250 g/mol. The molecule has 4 nitrogen and oxygen atoms in total. The minimum absolute atomic E-state index is 0.372. The fourth-order valence-electron chi connectivity index (χ4n) is 5.24. The lowest BCUT2D eigenvalue weighted by atomic mass is 10.0. The summed E-state index contributed by atoms with van der Waals surface area (Å²) in [4.78, 5) is 14.7. The van der Waals surface area contributed by atoms with Gasteiger partial charge in [0.05, 0.1) is 0 Å². The molecule has 4 aliphatic rings. The van der Waals surface area contributed by atoms with Gasteiger partial charge in [-0.25, -0.2) is 0 Å². The number of rotatable bonds is 5. The minimum Gasteiger partial charge on any atom is -0.356 e. The molecule has 1 heterocycles. The van der Waals surface area contributed by atoms with Crippen molar-refractivity contribution in [3.8, 4) is 0 Å². The number of hydrogen-bond acceptors (Lipinski definition) is 3. The van der Waals surface area contributed by atoms with Crippen molar-refractivity contribution < 1.29 is 4.79 Å². The summed E-state index contributed by atoms with van der Waals surface area (Å²) < 4.78 is 0. The van der Waals surface area contributed by atoms with Crippen LogP contribution in [0.3, 0.4) is 0 Å². The van der Waals surface area contributed by atoms with Gasteiger partial charge in [0.25, 0.3) is 0 Å². The van der Waals surface area contributed by atoms with Gasteiger partial charge in [0.2, 0.25) is 5.91 Å². The van der Waals surface area contributed by atoms with E-state index in [0.29, 0.717) is 11.8 Å². The van der Waals surface area contributed by atoms with E-state index in [-0.39, 0.29) is 0 Å². The largest absolute Gasteiger partial charge is 0.356 e. The third kappa shape index (κ3) is 2.27. The predicted octanol–water partition coefficient (Wildman–Crippen LogP) is 0.690. The Bertz CT molecular complexity index is 364. The quantitative estimate of drug-likeness (QED) is 0.727. The van der Waals surface area contributed by atoms with Crippen LogP contribution in [-0.2, 0) is 4.79 Å². The van der Waals surface area contributed by atoms with Crippen molar-refractivity contribution in [2.45, 2.75) is 25.7 Å². The van der Waals surface area contributed by atoms with Gasteiger partial charge in [-0.3, -0.25) is 4.79 Å². The summed E-state index contributed by atoms with van der Waals surface area (Å²) in [6.07, 6.45) is 5.33. The second-order valence-corrected chi connectivity index (χ2v) is 7.25. The van der Waals surface area contributed by atoms with Crippen LogP contribution in [0.4, 0.5) is 0 Å². The molecule has 4 rings (SSSR count). The second-order valence-electron chi connectivity index (χ2n) is 7.25. The van der Waals surface area contributed by atoms with E-state index < -0.39 is 0 Å². The molecule has 3 saturated carbocycles. The SMILES string of the molecule is O=C(NCCCN1CCNCC1)C1C2C3CCC(C3)C12. The number of amides is 1. The van der Waals surface area contributed by atoms with E-state index in [1.165, 1.54) is 19.3 Å². The second kappa shape index (κ2) is 5.30.